The van der Waals surface area contributed by atoms with Crippen molar-refractivity contribution in [1.29, 1.82) is 0 Å². The molecule has 0 fully saturated rings. The van der Waals surface area contributed by atoms with Crippen molar-refractivity contribution in [3.8, 4) is 0 Å². The largest absolute Gasteiger partial charge is 0.380 e. The van der Waals surface area contributed by atoms with Gasteiger partial charge in [0.25, 0.3) is 6.20 Å². The molecule has 0 spiro atoms. The zero-order valence-corrected chi connectivity index (χ0v) is 9.39. The molecule has 0 atom stereocenters. The van der Waals surface area contributed by atoms with Crippen molar-refractivity contribution in [2.45, 2.75) is 6.54 Å². The number of nitrogens with two attached hydrogens (primary N) is 1. The summed E-state index contributed by atoms with van der Waals surface area (Å²) in [5, 5.41) is 10.6. The van der Waals surface area contributed by atoms with E-state index >= 15 is 0 Å². The van der Waals surface area contributed by atoms with E-state index in [0.29, 0.717) is 11.7 Å². The highest BCUT2D eigenvalue weighted by Gasteiger charge is 2.05. The van der Waals surface area contributed by atoms with E-state index in [1.165, 1.54) is 0 Å². The van der Waals surface area contributed by atoms with E-state index in [9.17, 15) is 10.1 Å². The highest BCUT2D eigenvalue weighted by Crippen LogP contribution is 2.08. The molecule has 0 radical (unpaired) electrons. The maximum atomic E-state index is 10.2. The third-order valence-corrected chi connectivity index (χ3v) is 2.11. The number of nitrogens with zero attached hydrogens (tertiary/aromatic N) is 3. The van der Waals surface area contributed by atoms with Crippen LogP contribution in [0.2, 0.25) is 5.15 Å². The zero-order valence-electron chi connectivity index (χ0n) is 8.63. The maximum Gasteiger partial charge on any atom is 0.274 e. The zero-order chi connectivity index (χ0) is 12.1. The number of hydrogen-bond donors (Lipinski definition) is 1. The molecule has 1 aromatic rings. The Labute approximate surface area is 97.5 Å². The van der Waals surface area contributed by atoms with E-state index in [-0.39, 0.29) is 5.82 Å². The predicted molar refractivity (Wildman–Crippen MR) is 60.0 cm³/mol. The molecule has 1 aromatic heterocycles. The minimum atomic E-state index is -0.591. The topological polar surface area (TPSA) is 85.3 Å². The fraction of sp³-hybridized carbons (Fsp3) is 0.222. The molecule has 86 valence electrons. The van der Waals surface area contributed by atoms with Crippen molar-refractivity contribution in [2.75, 3.05) is 7.05 Å². The molecule has 16 heavy (non-hydrogen) atoms. The molecule has 2 N–H and O–H groups in total. The van der Waals surface area contributed by atoms with Gasteiger partial charge in [0.05, 0.1) is 4.92 Å². The second-order valence-corrected chi connectivity index (χ2v) is 3.57. The molecule has 0 amide bonds. The van der Waals surface area contributed by atoms with Crippen molar-refractivity contribution in [1.82, 2.24) is 9.88 Å². The molecule has 0 aliphatic rings. The molecule has 1 heterocycles. The van der Waals surface area contributed by atoms with Crippen molar-refractivity contribution in [2.24, 2.45) is 5.73 Å². The van der Waals surface area contributed by atoms with E-state index in [1.807, 2.05) is 0 Å². The van der Waals surface area contributed by atoms with Crippen LogP contribution in [0.25, 0.3) is 0 Å². The summed E-state index contributed by atoms with van der Waals surface area (Å²) in [6, 6.07) is 3.43. The molecule has 7 heteroatoms. The second-order valence-electron chi connectivity index (χ2n) is 3.18. The lowest BCUT2D eigenvalue weighted by atomic mass is 10.3. The van der Waals surface area contributed by atoms with Gasteiger partial charge in [0, 0.05) is 19.8 Å². The van der Waals surface area contributed by atoms with Gasteiger partial charge >= 0.3 is 0 Å². The third kappa shape index (κ3) is 3.74. The number of pyridine rings is 1. The molecule has 0 aromatic carbocycles. The minimum Gasteiger partial charge on any atom is -0.380 e. The van der Waals surface area contributed by atoms with E-state index in [4.69, 9.17) is 17.3 Å². The maximum absolute atomic E-state index is 10.2. The molecule has 6 nitrogen and oxygen atoms in total. The predicted octanol–water partition coefficient (Wildman–Crippen LogP) is 1.20. The molecule has 0 aliphatic heterocycles. The lowest BCUT2D eigenvalue weighted by Gasteiger charge is -2.16. The van der Waals surface area contributed by atoms with Crippen LogP contribution in [0.4, 0.5) is 0 Å². The first-order chi connectivity index (χ1) is 7.49. The number of rotatable bonds is 4. The normalized spacial score (nSPS) is 11.2. The highest BCUT2D eigenvalue weighted by atomic mass is 35.5. The Morgan fingerprint density at radius 1 is 1.75 bits per heavy atom. The van der Waals surface area contributed by atoms with Crippen LogP contribution in [0.3, 0.4) is 0 Å². The van der Waals surface area contributed by atoms with Crippen LogP contribution in [0.15, 0.2) is 30.4 Å². The molecule has 0 saturated carbocycles. The lowest BCUT2D eigenvalue weighted by Crippen LogP contribution is -2.24. The molecular weight excluding hydrogens is 232 g/mol. The van der Waals surface area contributed by atoms with Crippen LogP contribution in [0.1, 0.15) is 5.56 Å². The first-order valence-corrected chi connectivity index (χ1v) is 4.79. The first kappa shape index (κ1) is 12.3. The highest BCUT2D eigenvalue weighted by molar-refractivity contribution is 6.29. The van der Waals surface area contributed by atoms with Gasteiger partial charge in [-0.3, -0.25) is 10.1 Å². The van der Waals surface area contributed by atoms with Gasteiger partial charge in [-0.05, 0) is 11.6 Å². The Morgan fingerprint density at radius 2 is 2.44 bits per heavy atom. The van der Waals surface area contributed by atoms with Crippen molar-refractivity contribution in [3.63, 3.8) is 0 Å². The number of nitro groups is 1. The minimum absolute atomic E-state index is 0.0833. The molecule has 0 aliphatic carbocycles. The SMILES string of the molecule is CN(Cc1ccc(Cl)nc1)/C(N)=C\[N+](=O)[O-]. The van der Waals surface area contributed by atoms with E-state index in [0.717, 1.165) is 11.8 Å². The summed E-state index contributed by atoms with van der Waals surface area (Å²) in [5.41, 5.74) is 6.36. The van der Waals surface area contributed by atoms with Gasteiger partial charge in [0.2, 0.25) is 0 Å². The van der Waals surface area contributed by atoms with Crippen molar-refractivity contribution in [3.05, 3.63) is 51.2 Å². The Kier molecular flexibility index (Phi) is 4.07. The second kappa shape index (κ2) is 5.32. The van der Waals surface area contributed by atoms with Crippen LogP contribution in [-0.4, -0.2) is 21.9 Å². The van der Waals surface area contributed by atoms with Gasteiger partial charge in [-0.2, -0.15) is 0 Å². The molecular formula is C9H11ClN4O2. The van der Waals surface area contributed by atoms with Crippen molar-refractivity contribution < 1.29 is 4.92 Å². The standard InChI is InChI=1S/C9H11ClN4O2/c1-13(9(11)6-14(15)16)5-7-2-3-8(10)12-4-7/h2-4,6H,5,11H2,1H3/b9-6-. The van der Waals surface area contributed by atoms with Gasteiger partial charge in [-0.1, -0.05) is 17.7 Å². The number of halogens is 1. The van der Waals surface area contributed by atoms with E-state index in [1.54, 1.807) is 30.3 Å². The van der Waals surface area contributed by atoms with Gasteiger partial charge in [0.1, 0.15) is 5.15 Å². The van der Waals surface area contributed by atoms with Crippen molar-refractivity contribution >= 4 is 11.6 Å². The monoisotopic (exact) mass is 242 g/mol. The Hall–Kier alpha value is -1.82. The smallest absolute Gasteiger partial charge is 0.274 e. The van der Waals surface area contributed by atoms with Crippen LogP contribution >= 0.6 is 11.6 Å². The van der Waals surface area contributed by atoms with E-state index < -0.39 is 4.92 Å². The molecule has 0 saturated heterocycles. The summed E-state index contributed by atoms with van der Waals surface area (Å²) in [5.74, 6) is 0.0833. The number of aromatic nitrogens is 1. The fourth-order valence-electron chi connectivity index (χ4n) is 1.07. The van der Waals surface area contributed by atoms with E-state index in [2.05, 4.69) is 4.98 Å². The van der Waals surface area contributed by atoms with Crippen LogP contribution in [0.5, 0.6) is 0 Å². The fourth-order valence-corrected chi connectivity index (χ4v) is 1.18. The van der Waals surface area contributed by atoms with Gasteiger partial charge in [-0.25, -0.2) is 4.98 Å². The average Bonchev–Trinajstić information content (AvgIpc) is 2.20. The lowest BCUT2D eigenvalue weighted by molar-refractivity contribution is -0.404. The Bertz CT molecular complexity index is 404. The first-order valence-electron chi connectivity index (χ1n) is 4.41. The summed E-state index contributed by atoms with van der Waals surface area (Å²) in [6.07, 6.45) is 2.35. The quantitative estimate of drug-likeness (QED) is 0.487. The molecule has 0 unspecified atom stereocenters. The van der Waals surface area contributed by atoms with Gasteiger partial charge in [-0.15, -0.1) is 0 Å². The van der Waals surface area contributed by atoms with Gasteiger partial charge < -0.3 is 10.6 Å². The Morgan fingerprint density at radius 3 is 2.94 bits per heavy atom. The average molecular weight is 243 g/mol. The summed E-state index contributed by atoms with van der Waals surface area (Å²) >= 11 is 5.63. The third-order valence-electron chi connectivity index (χ3n) is 1.89. The summed E-state index contributed by atoms with van der Waals surface area (Å²) in [4.78, 5) is 15.1. The summed E-state index contributed by atoms with van der Waals surface area (Å²) in [6.45, 7) is 0.431. The summed E-state index contributed by atoms with van der Waals surface area (Å²) in [7, 11) is 1.66. The molecule has 1 rings (SSSR count). The Balaban J connectivity index is 2.67. The summed E-state index contributed by atoms with van der Waals surface area (Å²) < 4.78 is 0. The van der Waals surface area contributed by atoms with Crippen LogP contribution in [0, 0.1) is 10.1 Å². The van der Waals surface area contributed by atoms with Crippen LogP contribution in [-0.2, 0) is 6.54 Å². The number of hydrogen-bond acceptors (Lipinski definition) is 5. The van der Waals surface area contributed by atoms with Gasteiger partial charge in [0.15, 0.2) is 5.82 Å². The molecule has 0 bridgehead atoms. The van der Waals surface area contributed by atoms with Crippen LogP contribution < -0.4 is 5.73 Å².